The van der Waals surface area contributed by atoms with Crippen LogP contribution in [0.25, 0.3) is 0 Å². The maximum atomic E-state index is 5.96. The number of piperidine rings is 2. The Hall–Kier alpha value is -0.120. The Morgan fingerprint density at radius 3 is 2.85 bits per heavy atom. The second-order valence-corrected chi connectivity index (χ2v) is 7.69. The maximum Gasteiger partial charge on any atom is 0.0612 e. The molecule has 3 unspecified atom stereocenters. The fourth-order valence-electron chi connectivity index (χ4n) is 4.54. The predicted octanol–water partition coefficient (Wildman–Crippen LogP) is 2.66. The number of ether oxygens (including phenoxy) is 1. The van der Waals surface area contributed by atoms with Gasteiger partial charge in [-0.2, -0.15) is 0 Å². The van der Waals surface area contributed by atoms with Crippen LogP contribution in [-0.4, -0.2) is 49.8 Å². The molecule has 0 aliphatic carbocycles. The van der Waals surface area contributed by atoms with E-state index in [2.05, 4.69) is 24.1 Å². The molecule has 20 heavy (non-hydrogen) atoms. The highest BCUT2D eigenvalue weighted by Crippen LogP contribution is 2.38. The van der Waals surface area contributed by atoms with Gasteiger partial charge in [0.25, 0.3) is 0 Å². The topological polar surface area (TPSA) is 24.5 Å². The number of hydrogen-bond acceptors (Lipinski definition) is 3. The van der Waals surface area contributed by atoms with Crippen molar-refractivity contribution in [1.82, 2.24) is 10.2 Å². The van der Waals surface area contributed by atoms with Crippen molar-refractivity contribution in [3.8, 4) is 0 Å². The molecular formula is C17H32N2O. The molecule has 3 aliphatic heterocycles. The summed E-state index contributed by atoms with van der Waals surface area (Å²) in [4.78, 5) is 2.81. The molecule has 3 heteroatoms. The molecule has 3 nitrogen and oxygen atoms in total. The van der Waals surface area contributed by atoms with E-state index in [-0.39, 0.29) is 0 Å². The van der Waals surface area contributed by atoms with Crippen LogP contribution in [0.3, 0.4) is 0 Å². The Bertz CT molecular complexity index is 307. The zero-order valence-electron chi connectivity index (χ0n) is 13.4. The van der Waals surface area contributed by atoms with Crippen molar-refractivity contribution in [2.24, 2.45) is 11.3 Å². The molecule has 3 saturated heterocycles. The summed E-state index contributed by atoms with van der Waals surface area (Å²) in [5.74, 6) is 0.660. The third-order valence-electron chi connectivity index (χ3n) is 5.80. The number of nitrogens with one attached hydrogen (secondary N) is 1. The van der Waals surface area contributed by atoms with Crippen molar-refractivity contribution >= 4 is 0 Å². The first-order chi connectivity index (χ1) is 9.69. The number of rotatable bonds is 2. The van der Waals surface area contributed by atoms with Gasteiger partial charge in [-0.1, -0.05) is 13.8 Å². The first-order valence-corrected chi connectivity index (χ1v) is 8.75. The number of nitrogens with zero attached hydrogens (tertiary/aromatic N) is 1. The molecule has 3 aliphatic rings. The lowest BCUT2D eigenvalue weighted by Gasteiger charge is -2.49. The Kier molecular flexibility index (Phi) is 4.68. The molecule has 3 fully saturated rings. The SMILES string of the molecule is CC(C)C1CC(N2CCCC3(CCCNC3)C2)CCO1. The third kappa shape index (κ3) is 3.20. The molecule has 3 rings (SSSR count). The van der Waals surface area contributed by atoms with Gasteiger partial charge < -0.3 is 10.1 Å². The molecule has 3 atom stereocenters. The molecule has 116 valence electrons. The third-order valence-corrected chi connectivity index (χ3v) is 5.80. The van der Waals surface area contributed by atoms with Crippen LogP contribution in [0.15, 0.2) is 0 Å². The van der Waals surface area contributed by atoms with Crippen molar-refractivity contribution in [2.45, 2.75) is 64.5 Å². The van der Waals surface area contributed by atoms with Gasteiger partial charge in [0, 0.05) is 25.7 Å². The summed E-state index contributed by atoms with van der Waals surface area (Å²) in [7, 11) is 0. The van der Waals surface area contributed by atoms with E-state index in [1.54, 1.807) is 0 Å². The van der Waals surface area contributed by atoms with Crippen molar-refractivity contribution < 1.29 is 4.74 Å². The molecule has 1 spiro atoms. The van der Waals surface area contributed by atoms with E-state index in [1.165, 1.54) is 64.7 Å². The summed E-state index contributed by atoms with van der Waals surface area (Å²) in [5, 5.41) is 3.64. The van der Waals surface area contributed by atoms with Gasteiger partial charge in [0.1, 0.15) is 0 Å². The summed E-state index contributed by atoms with van der Waals surface area (Å²) in [5.41, 5.74) is 0.585. The lowest BCUT2D eigenvalue weighted by molar-refractivity contribution is -0.0651. The fourth-order valence-corrected chi connectivity index (χ4v) is 4.54. The van der Waals surface area contributed by atoms with Crippen LogP contribution in [0.4, 0.5) is 0 Å². The molecule has 0 saturated carbocycles. The van der Waals surface area contributed by atoms with Gasteiger partial charge in [0.15, 0.2) is 0 Å². The largest absolute Gasteiger partial charge is 0.378 e. The van der Waals surface area contributed by atoms with E-state index < -0.39 is 0 Å². The van der Waals surface area contributed by atoms with Crippen LogP contribution in [-0.2, 0) is 4.74 Å². The first kappa shape index (κ1) is 14.8. The second kappa shape index (κ2) is 6.33. The van der Waals surface area contributed by atoms with Crippen LogP contribution >= 0.6 is 0 Å². The van der Waals surface area contributed by atoms with Crippen LogP contribution in [0.2, 0.25) is 0 Å². The van der Waals surface area contributed by atoms with Crippen LogP contribution in [0.5, 0.6) is 0 Å². The van der Waals surface area contributed by atoms with E-state index >= 15 is 0 Å². The molecule has 1 N–H and O–H groups in total. The minimum absolute atomic E-state index is 0.483. The van der Waals surface area contributed by atoms with Gasteiger partial charge >= 0.3 is 0 Å². The summed E-state index contributed by atoms with van der Waals surface area (Å²) < 4.78 is 5.96. The highest BCUT2D eigenvalue weighted by atomic mass is 16.5. The molecule has 0 bridgehead atoms. The molecular weight excluding hydrogens is 248 g/mol. The Morgan fingerprint density at radius 2 is 2.10 bits per heavy atom. The van der Waals surface area contributed by atoms with Crippen LogP contribution < -0.4 is 5.32 Å². The highest BCUT2D eigenvalue weighted by molar-refractivity contribution is 4.94. The van der Waals surface area contributed by atoms with E-state index in [0.29, 0.717) is 17.4 Å². The minimum Gasteiger partial charge on any atom is -0.378 e. The highest BCUT2D eigenvalue weighted by Gasteiger charge is 2.39. The average molecular weight is 280 g/mol. The summed E-state index contributed by atoms with van der Waals surface area (Å²) in [6, 6.07) is 0.773. The van der Waals surface area contributed by atoms with Crippen LogP contribution in [0, 0.1) is 11.3 Å². The lowest BCUT2D eigenvalue weighted by Crippen LogP contribution is -2.55. The van der Waals surface area contributed by atoms with Crippen molar-refractivity contribution in [1.29, 1.82) is 0 Å². The molecule has 0 radical (unpaired) electrons. The predicted molar refractivity (Wildman–Crippen MR) is 82.9 cm³/mol. The van der Waals surface area contributed by atoms with Gasteiger partial charge in [-0.3, -0.25) is 4.90 Å². The van der Waals surface area contributed by atoms with Gasteiger partial charge in [0.2, 0.25) is 0 Å². The zero-order valence-corrected chi connectivity index (χ0v) is 13.4. The zero-order chi connectivity index (χ0) is 14.0. The summed E-state index contributed by atoms with van der Waals surface area (Å²) >= 11 is 0. The van der Waals surface area contributed by atoms with E-state index in [4.69, 9.17) is 4.74 Å². The minimum atomic E-state index is 0.483. The molecule has 0 amide bonds. The standard InChI is InChI=1S/C17H32N2O/c1-14(2)16-11-15(5-10-20-16)19-9-4-7-17(13-19)6-3-8-18-12-17/h14-16,18H,3-13H2,1-2H3. The van der Waals surface area contributed by atoms with Crippen LogP contribution in [0.1, 0.15) is 52.4 Å². The summed E-state index contributed by atoms with van der Waals surface area (Å²) in [6.45, 7) is 10.7. The number of hydrogen-bond donors (Lipinski definition) is 1. The Labute approximate surface area is 124 Å². The van der Waals surface area contributed by atoms with Crippen molar-refractivity contribution in [3.05, 3.63) is 0 Å². The maximum absolute atomic E-state index is 5.96. The molecule has 0 aromatic rings. The quantitative estimate of drug-likeness (QED) is 0.841. The van der Waals surface area contributed by atoms with Gasteiger partial charge in [-0.25, -0.2) is 0 Å². The smallest absolute Gasteiger partial charge is 0.0612 e. The molecule has 0 aromatic carbocycles. The lowest BCUT2D eigenvalue weighted by atomic mass is 9.73. The van der Waals surface area contributed by atoms with Crippen molar-refractivity contribution in [3.63, 3.8) is 0 Å². The molecule has 3 heterocycles. The van der Waals surface area contributed by atoms with E-state index in [9.17, 15) is 0 Å². The van der Waals surface area contributed by atoms with Gasteiger partial charge in [0.05, 0.1) is 6.10 Å². The second-order valence-electron chi connectivity index (χ2n) is 7.69. The fraction of sp³-hybridized carbons (Fsp3) is 1.00. The monoisotopic (exact) mass is 280 g/mol. The van der Waals surface area contributed by atoms with Gasteiger partial charge in [-0.05, 0) is 62.9 Å². The Morgan fingerprint density at radius 1 is 1.25 bits per heavy atom. The van der Waals surface area contributed by atoms with Gasteiger partial charge in [-0.15, -0.1) is 0 Å². The Balaban J connectivity index is 1.61. The average Bonchev–Trinajstić information content (AvgIpc) is 2.48. The van der Waals surface area contributed by atoms with E-state index in [0.717, 1.165) is 12.6 Å². The van der Waals surface area contributed by atoms with E-state index in [1.807, 2.05) is 0 Å². The number of likely N-dealkylation sites (tertiary alicyclic amines) is 1. The normalized spacial score (nSPS) is 40.4. The summed E-state index contributed by atoms with van der Waals surface area (Å²) in [6.07, 6.45) is 8.62. The molecule has 0 aromatic heterocycles. The van der Waals surface area contributed by atoms with Crippen molar-refractivity contribution in [2.75, 3.05) is 32.8 Å². The first-order valence-electron chi connectivity index (χ1n) is 8.75.